The molecule has 1 N–H and O–H groups in total. The lowest BCUT2D eigenvalue weighted by molar-refractivity contribution is 0.140. The van der Waals surface area contributed by atoms with Crippen LogP contribution in [0.3, 0.4) is 0 Å². The number of carbonyl (C=O) groups is 1. The number of rotatable bonds is 6. The zero-order chi connectivity index (χ0) is 24.2. The normalized spacial score (nSPS) is 14.3. The number of halogens is 1. The second-order valence-electron chi connectivity index (χ2n) is 8.31. The number of aromatic nitrogens is 3. The van der Waals surface area contributed by atoms with Crippen LogP contribution in [-0.2, 0) is 6.54 Å². The number of benzene rings is 2. The van der Waals surface area contributed by atoms with Gasteiger partial charge in [-0.15, -0.1) is 0 Å². The maximum absolute atomic E-state index is 14.0. The number of amides is 2. The summed E-state index contributed by atoms with van der Waals surface area (Å²) in [5.41, 5.74) is 2.81. The molecule has 0 aliphatic carbocycles. The van der Waals surface area contributed by atoms with Gasteiger partial charge in [0.25, 0.3) is 0 Å². The Hall–Kier alpha value is -3.98. The summed E-state index contributed by atoms with van der Waals surface area (Å²) in [7, 11) is 0. The van der Waals surface area contributed by atoms with Gasteiger partial charge in [0.1, 0.15) is 22.9 Å². The van der Waals surface area contributed by atoms with Gasteiger partial charge in [0.2, 0.25) is 0 Å². The van der Waals surface area contributed by atoms with E-state index >= 15 is 0 Å². The van der Waals surface area contributed by atoms with Crippen LogP contribution in [0.25, 0.3) is 16.9 Å². The number of ether oxygens (including phenoxy) is 1. The molecule has 0 bridgehead atoms. The topological polar surface area (TPSA) is 75.5 Å². The first kappa shape index (κ1) is 22.8. The van der Waals surface area contributed by atoms with Crippen molar-refractivity contribution in [2.45, 2.75) is 13.5 Å². The van der Waals surface area contributed by atoms with Gasteiger partial charge in [-0.1, -0.05) is 18.2 Å². The summed E-state index contributed by atoms with van der Waals surface area (Å²) in [4.78, 5) is 26.2. The van der Waals surface area contributed by atoms with Gasteiger partial charge in [0, 0.05) is 32.4 Å². The van der Waals surface area contributed by atoms with E-state index in [-0.39, 0.29) is 11.8 Å². The van der Waals surface area contributed by atoms with E-state index in [1.165, 1.54) is 12.1 Å². The molecule has 2 aromatic carbocycles. The summed E-state index contributed by atoms with van der Waals surface area (Å²) < 4.78 is 21.5. The molecule has 35 heavy (non-hydrogen) atoms. The third-order valence-corrected chi connectivity index (χ3v) is 6.00. The molecular formula is C26H27FN6O2. The second-order valence-corrected chi connectivity index (χ2v) is 8.31. The molecule has 2 aromatic heterocycles. The number of urea groups is 1. The monoisotopic (exact) mass is 474 g/mol. The van der Waals surface area contributed by atoms with Crippen LogP contribution in [0.1, 0.15) is 12.7 Å². The summed E-state index contributed by atoms with van der Waals surface area (Å²) in [6.45, 7) is 5.57. The zero-order valence-corrected chi connectivity index (χ0v) is 19.5. The Bertz CT molecular complexity index is 1330. The third-order valence-electron chi connectivity index (χ3n) is 6.00. The van der Waals surface area contributed by atoms with E-state index in [9.17, 15) is 9.18 Å². The fourth-order valence-electron chi connectivity index (χ4n) is 4.31. The lowest BCUT2D eigenvalue weighted by Gasteiger charge is -2.34. The van der Waals surface area contributed by atoms with E-state index < -0.39 is 0 Å². The molecule has 3 heterocycles. The van der Waals surface area contributed by atoms with Crippen molar-refractivity contribution in [3.05, 3.63) is 78.5 Å². The summed E-state index contributed by atoms with van der Waals surface area (Å²) >= 11 is 0. The molecule has 0 saturated carbocycles. The lowest BCUT2D eigenvalue weighted by Crippen LogP contribution is -2.49. The number of nitrogens with zero attached hydrogens (tertiary/aromatic N) is 5. The fraction of sp³-hybridized carbons (Fsp3) is 0.269. The summed E-state index contributed by atoms with van der Waals surface area (Å²) in [5, 5.41) is 2.97. The van der Waals surface area contributed by atoms with E-state index in [4.69, 9.17) is 9.72 Å². The van der Waals surface area contributed by atoms with Crippen molar-refractivity contribution in [3.63, 3.8) is 0 Å². The molecule has 180 valence electrons. The van der Waals surface area contributed by atoms with Gasteiger partial charge in [-0.3, -0.25) is 9.47 Å². The minimum atomic E-state index is -0.309. The van der Waals surface area contributed by atoms with Gasteiger partial charge in [0.05, 0.1) is 24.5 Å². The average Bonchev–Trinajstić information content (AvgIpc) is 3.23. The standard InChI is InChI=1S/C26H27FN6O2/c1-2-35-23-11-4-3-9-21(23)30-26(34)32-15-13-31(14-16-32)18-24-29-22-10-6-12-28-25(22)33(24)20-8-5-7-19(27)17-20/h3-12,17H,2,13-16,18H2,1H3,(H,30,34). The first-order chi connectivity index (χ1) is 17.1. The Morgan fingerprint density at radius 1 is 1.06 bits per heavy atom. The Morgan fingerprint density at radius 3 is 2.69 bits per heavy atom. The van der Waals surface area contributed by atoms with Crippen molar-refractivity contribution in [2.75, 3.05) is 38.1 Å². The van der Waals surface area contributed by atoms with E-state index in [1.807, 2.05) is 54.0 Å². The second kappa shape index (κ2) is 10.1. The Morgan fingerprint density at radius 2 is 1.89 bits per heavy atom. The molecule has 0 unspecified atom stereocenters. The van der Waals surface area contributed by atoms with E-state index in [1.54, 1.807) is 17.2 Å². The van der Waals surface area contributed by atoms with Crippen LogP contribution < -0.4 is 10.1 Å². The maximum Gasteiger partial charge on any atom is 0.322 e. The van der Waals surface area contributed by atoms with Crippen molar-refractivity contribution in [1.29, 1.82) is 0 Å². The zero-order valence-electron chi connectivity index (χ0n) is 19.5. The number of hydrogen-bond acceptors (Lipinski definition) is 5. The molecule has 5 rings (SSSR count). The smallest absolute Gasteiger partial charge is 0.322 e. The minimum Gasteiger partial charge on any atom is -0.492 e. The molecule has 1 fully saturated rings. The number of pyridine rings is 1. The number of anilines is 1. The molecule has 1 aliphatic heterocycles. The van der Waals surface area contributed by atoms with Gasteiger partial charge in [-0.05, 0) is 49.4 Å². The van der Waals surface area contributed by atoms with E-state index in [2.05, 4.69) is 15.2 Å². The van der Waals surface area contributed by atoms with Crippen molar-refractivity contribution >= 4 is 22.9 Å². The number of hydrogen-bond donors (Lipinski definition) is 1. The highest BCUT2D eigenvalue weighted by molar-refractivity contribution is 5.91. The number of fused-ring (bicyclic) bond motifs is 1. The highest BCUT2D eigenvalue weighted by Crippen LogP contribution is 2.25. The highest BCUT2D eigenvalue weighted by Gasteiger charge is 2.24. The van der Waals surface area contributed by atoms with Crippen molar-refractivity contribution in [1.82, 2.24) is 24.3 Å². The average molecular weight is 475 g/mol. The number of nitrogens with one attached hydrogen (secondary N) is 1. The van der Waals surface area contributed by atoms with Gasteiger partial charge >= 0.3 is 6.03 Å². The quantitative estimate of drug-likeness (QED) is 0.451. The van der Waals surface area contributed by atoms with E-state index in [0.717, 1.165) is 11.3 Å². The van der Waals surface area contributed by atoms with Gasteiger partial charge in [-0.25, -0.2) is 19.2 Å². The predicted octanol–water partition coefficient (Wildman–Crippen LogP) is 4.31. The predicted molar refractivity (Wildman–Crippen MR) is 132 cm³/mol. The summed E-state index contributed by atoms with van der Waals surface area (Å²) in [6.07, 6.45) is 1.71. The molecule has 0 atom stereocenters. The molecule has 0 spiro atoms. The Kier molecular flexibility index (Phi) is 6.58. The number of imidazole rings is 1. The highest BCUT2D eigenvalue weighted by atomic mass is 19.1. The first-order valence-electron chi connectivity index (χ1n) is 11.7. The largest absolute Gasteiger partial charge is 0.492 e. The summed E-state index contributed by atoms with van der Waals surface area (Å²) in [5.74, 6) is 1.14. The molecule has 2 amide bonds. The van der Waals surface area contributed by atoms with Crippen LogP contribution in [0.5, 0.6) is 5.75 Å². The maximum atomic E-state index is 14.0. The van der Waals surface area contributed by atoms with E-state index in [0.29, 0.717) is 62.1 Å². The van der Waals surface area contributed by atoms with Crippen molar-refractivity contribution in [2.24, 2.45) is 0 Å². The van der Waals surface area contributed by atoms with Gasteiger partial charge in [0.15, 0.2) is 5.65 Å². The van der Waals surface area contributed by atoms with Crippen molar-refractivity contribution < 1.29 is 13.9 Å². The van der Waals surface area contributed by atoms with Crippen molar-refractivity contribution in [3.8, 4) is 11.4 Å². The molecule has 8 nitrogen and oxygen atoms in total. The first-order valence-corrected chi connectivity index (χ1v) is 11.7. The molecule has 1 aliphatic rings. The molecule has 9 heteroatoms. The van der Waals surface area contributed by atoms with Crippen LogP contribution in [0, 0.1) is 5.82 Å². The van der Waals surface area contributed by atoms with Crippen LogP contribution >= 0.6 is 0 Å². The Labute approximate surface area is 203 Å². The molecule has 4 aromatic rings. The van der Waals surface area contributed by atoms with Crippen LogP contribution in [0.4, 0.5) is 14.9 Å². The molecule has 0 radical (unpaired) electrons. The fourth-order valence-corrected chi connectivity index (χ4v) is 4.31. The number of carbonyl (C=O) groups excluding carboxylic acids is 1. The molecule has 1 saturated heterocycles. The van der Waals surface area contributed by atoms with Gasteiger partial charge < -0.3 is 15.0 Å². The SMILES string of the molecule is CCOc1ccccc1NC(=O)N1CCN(Cc2nc3cccnc3n2-c2cccc(F)c2)CC1. The minimum absolute atomic E-state index is 0.145. The summed E-state index contributed by atoms with van der Waals surface area (Å²) in [6, 6.07) is 17.5. The number of para-hydroxylation sites is 2. The molecular weight excluding hydrogens is 447 g/mol. The lowest BCUT2D eigenvalue weighted by atomic mass is 10.2. The third kappa shape index (κ3) is 4.95. The number of piperazine rings is 1. The van der Waals surface area contributed by atoms with Crippen LogP contribution in [-0.4, -0.2) is 63.2 Å². The Balaban J connectivity index is 1.28. The van der Waals surface area contributed by atoms with Crippen LogP contribution in [0.2, 0.25) is 0 Å². The van der Waals surface area contributed by atoms with Crippen LogP contribution in [0.15, 0.2) is 66.9 Å². The van der Waals surface area contributed by atoms with Gasteiger partial charge in [-0.2, -0.15) is 0 Å².